The molecule has 0 heterocycles. The van der Waals surface area contributed by atoms with Gasteiger partial charge in [0.15, 0.2) is 0 Å². The Kier molecular flexibility index (Phi) is 4.70. The Balaban J connectivity index is 1.94. The van der Waals surface area contributed by atoms with Gasteiger partial charge in [0.2, 0.25) is 0 Å². The van der Waals surface area contributed by atoms with Gasteiger partial charge in [0.1, 0.15) is 6.04 Å². The molecule has 2 rings (SSSR count). The van der Waals surface area contributed by atoms with Crippen LogP contribution >= 0.6 is 0 Å². The molecule has 2 aromatic rings. The Hall–Kier alpha value is -2.13. The van der Waals surface area contributed by atoms with Crippen LogP contribution in [-0.2, 0) is 11.2 Å². The van der Waals surface area contributed by atoms with Crippen LogP contribution in [0.1, 0.15) is 17.2 Å². The van der Waals surface area contributed by atoms with Crippen molar-refractivity contribution in [3.63, 3.8) is 0 Å². The lowest BCUT2D eigenvalue weighted by Crippen LogP contribution is -2.30. The monoisotopic (exact) mass is 255 g/mol. The minimum absolute atomic E-state index is 0.635. The number of hydrogen-bond donors (Lipinski definition) is 2. The molecule has 0 aliphatic rings. The zero-order valence-electron chi connectivity index (χ0n) is 10.6. The molecule has 0 aliphatic heterocycles. The van der Waals surface area contributed by atoms with Gasteiger partial charge in [0.05, 0.1) is 0 Å². The van der Waals surface area contributed by atoms with Crippen molar-refractivity contribution in [2.45, 2.75) is 12.5 Å². The summed E-state index contributed by atoms with van der Waals surface area (Å²) in [7, 11) is 0. The minimum Gasteiger partial charge on any atom is -0.480 e. The Bertz CT molecular complexity index is 511. The summed E-state index contributed by atoms with van der Waals surface area (Å²) in [4.78, 5) is 11.3. The molecule has 3 nitrogen and oxygen atoms in total. The summed E-state index contributed by atoms with van der Waals surface area (Å²) in [6.45, 7) is 0.635. The number of rotatable bonds is 6. The topological polar surface area (TPSA) is 49.3 Å². The van der Waals surface area contributed by atoms with Crippen molar-refractivity contribution in [3.05, 3.63) is 71.8 Å². The van der Waals surface area contributed by atoms with Gasteiger partial charge >= 0.3 is 5.97 Å². The van der Waals surface area contributed by atoms with Crippen LogP contribution in [0.2, 0.25) is 0 Å². The normalized spacial score (nSPS) is 12.0. The molecular weight excluding hydrogens is 238 g/mol. The Morgan fingerprint density at radius 2 is 1.58 bits per heavy atom. The SMILES string of the molecule is O=C(O)C(NCCc1ccccc1)c1ccccc1. The van der Waals surface area contributed by atoms with Crippen molar-refractivity contribution >= 4 is 5.97 Å². The van der Waals surface area contributed by atoms with Crippen molar-refractivity contribution in [3.8, 4) is 0 Å². The van der Waals surface area contributed by atoms with E-state index in [0.29, 0.717) is 6.54 Å². The van der Waals surface area contributed by atoms with E-state index in [1.807, 2.05) is 60.7 Å². The molecule has 0 amide bonds. The predicted octanol–water partition coefficient (Wildman–Crippen LogP) is 2.64. The Morgan fingerprint density at radius 3 is 2.16 bits per heavy atom. The summed E-state index contributed by atoms with van der Waals surface area (Å²) in [6, 6.07) is 18.6. The summed E-state index contributed by atoms with van der Waals surface area (Å²) >= 11 is 0. The van der Waals surface area contributed by atoms with Gasteiger partial charge in [-0.15, -0.1) is 0 Å². The molecule has 0 fully saturated rings. The summed E-state index contributed by atoms with van der Waals surface area (Å²) in [5.74, 6) is -0.848. The van der Waals surface area contributed by atoms with E-state index in [1.165, 1.54) is 5.56 Å². The van der Waals surface area contributed by atoms with Crippen molar-refractivity contribution < 1.29 is 9.90 Å². The first-order valence-electron chi connectivity index (χ1n) is 6.32. The van der Waals surface area contributed by atoms with Crippen LogP contribution in [0, 0.1) is 0 Å². The molecule has 0 bridgehead atoms. The molecule has 1 atom stereocenters. The van der Waals surface area contributed by atoms with E-state index >= 15 is 0 Å². The summed E-state index contributed by atoms with van der Waals surface area (Å²) < 4.78 is 0. The second-order valence-electron chi connectivity index (χ2n) is 4.37. The fraction of sp³-hybridized carbons (Fsp3) is 0.188. The first-order chi connectivity index (χ1) is 9.27. The molecule has 0 spiro atoms. The highest BCUT2D eigenvalue weighted by atomic mass is 16.4. The second kappa shape index (κ2) is 6.71. The van der Waals surface area contributed by atoms with Crippen LogP contribution in [0.4, 0.5) is 0 Å². The van der Waals surface area contributed by atoms with Crippen LogP contribution in [0.15, 0.2) is 60.7 Å². The largest absolute Gasteiger partial charge is 0.480 e. The van der Waals surface area contributed by atoms with E-state index in [0.717, 1.165) is 12.0 Å². The van der Waals surface area contributed by atoms with Gasteiger partial charge in [0, 0.05) is 6.54 Å². The van der Waals surface area contributed by atoms with Crippen LogP contribution < -0.4 is 5.32 Å². The molecule has 0 saturated heterocycles. The molecule has 0 aromatic heterocycles. The van der Waals surface area contributed by atoms with E-state index in [9.17, 15) is 9.90 Å². The van der Waals surface area contributed by atoms with Crippen molar-refractivity contribution in [1.82, 2.24) is 5.32 Å². The van der Waals surface area contributed by atoms with Crippen LogP contribution in [0.25, 0.3) is 0 Å². The molecule has 0 aliphatic carbocycles. The minimum atomic E-state index is -0.848. The first-order valence-corrected chi connectivity index (χ1v) is 6.32. The zero-order chi connectivity index (χ0) is 13.5. The number of carbonyl (C=O) groups is 1. The van der Waals surface area contributed by atoms with Gasteiger partial charge in [-0.25, -0.2) is 0 Å². The summed E-state index contributed by atoms with van der Waals surface area (Å²) in [5, 5.41) is 12.3. The molecule has 2 aromatic carbocycles. The molecular formula is C16H17NO2. The smallest absolute Gasteiger partial charge is 0.325 e. The quantitative estimate of drug-likeness (QED) is 0.834. The molecule has 98 valence electrons. The molecule has 3 heteroatoms. The van der Waals surface area contributed by atoms with Crippen molar-refractivity contribution in [2.75, 3.05) is 6.54 Å². The number of benzene rings is 2. The predicted molar refractivity (Wildman–Crippen MR) is 75.0 cm³/mol. The maximum atomic E-state index is 11.3. The highest BCUT2D eigenvalue weighted by molar-refractivity contribution is 5.75. The van der Waals surface area contributed by atoms with Crippen LogP contribution in [0.5, 0.6) is 0 Å². The maximum Gasteiger partial charge on any atom is 0.325 e. The number of aliphatic carboxylic acids is 1. The van der Waals surface area contributed by atoms with Gasteiger partial charge in [-0.2, -0.15) is 0 Å². The standard InChI is InChI=1S/C16H17NO2/c18-16(19)15(14-9-5-2-6-10-14)17-12-11-13-7-3-1-4-8-13/h1-10,15,17H,11-12H2,(H,18,19). The molecule has 19 heavy (non-hydrogen) atoms. The third-order valence-corrected chi connectivity index (χ3v) is 2.98. The maximum absolute atomic E-state index is 11.3. The lowest BCUT2D eigenvalue weighted by molar-refractivity contribution is -0.139. The average Bonchev–Trinajstić information content (AvgIpc) is 2.45. The van der Waals surface area contributed by atoms with E-state index in [-0.39, 0.29) is 0 Å². The van der Waals surface area contributed by atoms with Crippen LogP contribution in [-0.4, -0.2) is 17.6 Å². The van der Waals surface area contributed by atoms with Gasteiger partial charge in [-0.05, 0) is 17.5 Å². The second-order valence-corrected chi connectivity index (χ2v) is 4.37. The molecule has 0 radical (unpaired) electrons. The Morgan fingerprint density at radius 1 is 1.00 bits per heavy atom. The Labute approximate surface area is 112 Å². The van der Waals surface area contributed by atoms with Gasteiger partial charge in [-0.3, -0.25) is 4.79 Å². The van der Waals surface area contributed by atoms with Crippen molar-refractivity contribution in [1.29, 1.82) is 0 Å². The first kappa shape index (κ1) is 13.3. The third-order valence-electron chi connectivity index (χ3n) is 2.98. The zero-order valence-corrected chi connectivity index (χ0v) is 10.6. The fourth-order valence-electron chi connectivity index (χ4n) is 2.00. The van der Waals surface area contributed by atoms with E-state index in [1.54, 1.807) is 0 Å². The van der Waals surface area contributed by atoms with Gasteiger partial charge < -0.3 is 10.4 Å². The number of carboxylic acid groups (broad SMARTS) is 1. The van der Waals surface area contributed by atoms with Gasteiger partial charge in [0.25, 0.3) is 0 Å². The lowest BCUT2D eigenvalue weighted by Gasteiger charge is -2.14. The summed E-state index contributed by atoms with van der Waals surface area (Å²) in [5.41, 5.74) is 1.98. The molecule has 1 unspecified atom stereocenters. The summed E-state index contributed by atoms with van der Waals surface area (Å²) in [6.07, 6.45) is 0.817. The molecule has 0 saturated carbocycles. The van der Waals surface area contributed by atoms with E-state index in [4.69, 9.17) is 0 Å². The van der Waals surface area contributed by atoms with E-state index in [2.05, 4.69) is 5.32 Å². The number of hydrogen-bond acceptors (Lipinski definition) is 2. The van der Waals surface area contributed by atoms with Crippen molar-refractivity contribution in [2.24, 2.45) is 0 Å². The lowest BCUT2D eigenvalue weighted by atomic mass is 10.1. The third kappa shape index (κ3) is 3.93. The van der Waals surface area contributed by atoms with Crippen LogP contribution in [0.3, 0.4) is 0 Å². The number of carboxylic acids is 1. The average molecular weight is 255 g/mol. The molecule has 2 N–H and O–H groups in total. The van der Waals surface area contributed by atoms with Gasteiger partial charge in [-0.1, -0.05) is 60.7 Å². The highest BCUT2D eigenvalue weighted by Crippen LogP contribution is 2.12. The fourth-order valence-corrected chi connectivity index (χ4v) is 2.00. The van der Waals surface area contributed by atoms with E-state index < -0.39 is 12.0 Å². The highest BCUT2D eigenvalue weighted by Gasteiger charge is 2.18. The number of nitrogens with one attached hydrogen (secondary N) is 1.